The zero-order valence-corrected chi connectivity index (χ0v) is 15.7. The van der Waals surface area contributed by atoms with Crippen LogP contribution in [-0.4, -0.2) is 50.7 Å². The van der Waals surface area contributed by atoms with Gasteiger partial charge < -0.3 is 25.0 Å². The first kappa shape index (κ1) is 19.9. The smallest absolute Gasteiger partial charge is 0.315 e. The number of ether oxygens (including phenoxy) is 2. The van der Waals surface area contributed by atoms with Crippen LogP contribution in [0.1, 0.15) is 37.7 Å². The van der Waals surface area contributed by atoms with E-state index in [1.54, 1.807) is 20.3 Å². The van der Waals surface area contributed by atoms with E-state index in [1.807, 2.05) is 17.0 Å². The van der Waals surface area contributed by atoms with Gasteiger partial charge in [0.2, 0.25) is 5.91 Å². The topological polar surface area (TPSA) is 79.9 Å². The zero-order chi connectivity index (χ0) is 18.8. The Morgan fingerprint density at radius 2 is 1.69 bits per heavy atom. The molecule has 3 amide bonds. The molecule has 0 unspecified atom stereocenters. The molecule has 2 N–H and O–H groups in total. The molecule has 1 fully saturated rings. The van der Waals surface area contributed by atoms with E-state index in [4.69, 9.17) is 9.47 Å². The molecule has 7 nitrogen and oxygen atoms in total. The van der Waals surface area contributed by atoms with Crippen molar-refractivity contribution in [1.82, 2.24) is 15.5 Å². The summed E-state index contributed by atoms with van der Waals surface area (Å²) in [6.45, 7) is 2.38. The number of nitrogens with one attached hydrogen (secondary N) is 2. The molecule has 1 heterocycles. The van der Waals surface area contributed by atoms with Crippen molar-refractivity contribution in [1.29, 1.82) is 0 Å². The summed E-state index contributed by atoms with van der Waals surface area (Å²) in [6, 6.07) is 5.20. The number of likely N-dealkylation sites (tertiary alicyclic amines) is 1. The van der Waals surface area contributed by atoms with Crippen molar-refractivity contribution in [3.05, 3.63) is 23.8 Å². The SMILES string of the molecule is COc1ccc(CNC(=O)NCCC(=O)N2CCCCCC2)cc1OC. The van der Waals surface area contributed by atoms with Gasteiger partial charge in [-0.15, -0.1) is 0 Å². The van der Waals surface area contributed by atoms with E-state index in [1.165, 1.54) is 12.8 Å². The van der Waals surface area contributed by atoms with Crippen LogP contribution in [0.2, 0.25) is 0 Å². The minimum absolute atomic E-state index is 0.118. The summed E-state index contributed by atoms with van der Waals surface area (Å²) < 4.78 is 10.4. The van der Waals surface area contributed by atoms with Gasteiger partial charge in [-0.25, -0.2) is 4.79 Å². The maximum Gasteiger partial charge on any atom is 0.315 e. The molecule has 2 rings (SSSR count). The molecule has 0 bridgehead atoms. The molecule has 1 aliphatic heterocycles. The Bertz CT molecular complexity index is 598. The average Bonchev–Trinajstić information content (AvgIpc) is 2.95. The minimum atomic E-state index is -0.288. The number of hydrogen-bond donors (Lipinski definition) is 2. The highest BCUT2D eigenvalue weighted by atomic mass is 16.5. The number of carbonyl (C=O) groups is 2. The fourth-order valence-electron chi connectivity index (χ4n) is 3.00. The lowest BCUT2D eigenvalue weighted by Crippen LogP contribution is -2.38. The molecule has 7 heteroatoms. The number of amides is 3. The quantitative estimate of drug-likeness (QED) is 0.779. The standard InChI is InChI=1S/C19H29N3O4/c1-25-16-8-7-15(13-17(16)26-2)14-21-19(24)20-10-9-18(23)22-11-5-3-4-6-12-22/h7-8,13H,3-6,9-12,14H2,1-2H3,(H2,20,21,24). The van der Waals surface area contributed by atoms with E-state index in [0.29, 0.717) is 31.0 Å². The lowest BCUT2D eigenvalue weighted by molar-refractivity contribution is -0.131. The second kappa shape index (κ2) is 10.5. The Balaban J connectivity index is 1.69. The maximum atomic E-state index is 12.2. The highest BCUT2D eigenvalue weighted by molar-refractivity contribution is 5.78. The Hall–Kier alpha value is -2.44. The maximum absolute atomic E-state index is 12.2. The molecule has 0 radical (unpaired) electrons. The molecule has 0 aromatic heterocycles. The molecule has 0 saturated carbocycles. The summed E-state index contributed by atoms with van der Waals surface area (Å²) in [4.78, 5) is 26.0. The van der Waals surface area contributed by atoms with Gasteiger partial charge in [0.1, 0.15) is 0 Å². The summed E-state index contributed by atoms with van der Waals surface area (Å²) in [5, 5.41) is 5.52. The van der Waals surface area contributed by atoms with E-state index in [-0.39, 0.29) is 11.9 Å². The third-order valence-electron chi connectivity index (χ3n) is 4.48. The summed E-state index contributed by atoms with van der Waals surface area (Å²) in [5.74, 6) is 1.38. The van der Waals surface area contributed by atoms with E-state index in [9.17, 15) is 9.59 Å². The van der Waals surface area contributed by atoms with Gasteiger partial charge in [0.25, 0.3) is 0 Å². The van der Waals surface area contributed by atoms with Crippen LogP contribution in [0.25, 0.3) is 0 Å². The van der Waals surface area contributed by atoms with Crippen LogP contribution < -0.4 is 20.1 Å². The summed E-state index contributed by atoms with van der Waals surface area (Å²) in [6.07, 6.45) is 4.88. The zero-order valence-electron chi connectivity index (χ0n) is 15.7. The van der Waals surface area contributed by atoms with Gasteiger partial charge in [0.15, 0.2) is 11.5 Å². The normalized spacial score (nSPS) is 14.3. The van der Waals surface area contributed by atoms with Gasteiger partial charge in [-0.2, -0.15) is 0 Å². The number of methoxy groups -OCH3 is 2. The molecule has 1 aliphatic rings. The van der Waals surface area contributed by atoms with Crippen LogP contribution in [-0.2, 0) is 11.3 Å². The number of nitrogens with zero attached hydrogens (tertiary/aromatic N) is 1. The second-order valence-corrected chi connectivity index (χ2v) is 6.34. The number of rotatable bonds is 7. The lowest BCUT2D eigenvalue weighted by atomic mass is 10.2. The first-order valence-electron chi connectivity index (χ1n) is 9.14. The highest BCUT2D eigenvalue weighted by Crippen LogP contribution is 2.27. The summed E-state index contributed by atoms with van der Waals surface area (Å²) in [5.41, 5.74) is 0.901. The van der Waals surface area contributed by atoms with Gasteiger partial charge in [-0.1, -0.05) is 18.9 Å². The van der Waals surface area contributed by atoms with E-state index in [2.05, 4.69) is 10.6 Å². The summed E-state index contributed by atoms with van der Waals surface area (Å²) in [7, 11) is 3.15. The highest BCUT2D eigenvalue weighted by Gasteiger charge is 2.15. The molecule has 26 heavy (non-hydrogen) atoms. The van der Waals surface area contributed by atoms with Crippen molar-refractivity contribution >= 4 is 11.9 Å². The van der Waals surface area contributed by atoms with E-state index < -0.39 is 0 Å². The molecule has 0 aliphatic carbocycles. The largest absolute Gasteiger partial charge is 0.493 e. The van der Waals surface area contributed by atoms with Crippen molar-refractivity contribution in [2.45, 2.75) is 38.6 Å². The number of hydrogen-bond acceptors (Lipinski definition) is 4. The molecule has 1 aromatic rings. The van der Waals surface area contributed by atoms with Crippen molar-refractivity contribution in [3.8, 4) is 11.5 Å². The van der Waals surface area contributed by atoms with Crippen LogP contribution in [0.4, 0.5) is 4.79 Å². The Morgan fingerprint density at radius 3 is 2.35 bits per heavy atom. The summed E-state index contributed by atoms with van der Waals surface area (Å²) >= 11 is 0. The first-order valence-corrected chi connectivity index (χ1v) is 9.14. The fraction of sp³-hybridized carbons (Fsp3) is 0.579. The van der Waals surface area contributed by atoms with Crippen LogP contribution in [0.3, 0.4) is 0 Å². The van der Waals surface area contributed by atoms with Crippen LogP contribution >= 0.6 is 0 Å². The molecule has 144 valence electrons. The number of urea groups is 1. The van der Waals surface area contributed by atoms with Crippen LogP contribution in [0.5, 0.6) is 11.5 Å². The van der Waals surface area contributed by atoms with Gasteiger partial charge in [0, 0.05) is 32.6 Å². The van der Waals surface area contributed by atoms with Gasteiger partial charge in [0.05, 0.1) is 14.2 Å². The van der Waals surface area contributed by atoms with Gasteiger partial charge in [-0.05, 0) is 30.5 Å². The van der Waals surface area contributed by atoms with Crippen LogP contribution in [0, 0.1) is 0 Å². The molecular weight excluding hydrogens is 334 g/mol. The van der Waals surface area contributed by atoms with E-state index >= 15 is 0 Å². The predicted molar refractivity (Wildman–Crippen MR) is 99.4 cm³/mol. The van der Waals surface area contributed by atoms with Crippen LogP contribution in [0.15, 0.2) is 18.2 Å². The molecule has 1 aromatic carbocycles. The third-order valence-corrected chi connectivity index (χ3v) is 4.48. The van der Waals surface area contributed by atoms with Crippen molar-refractivity contribution < 1.29 is 19.1 Å². The van der Waals surface area contributed by atoms with Crippen molar-refractivity contribution in [2.75, 3.05) is 33.9 Å². The second-order valence-electron chi connectivity index (χ2n) is 6.34. The fourth-order valence-corrected chi connectivity index (χ4v) is 3.00. The lowest BCUT2D eigenvalue weighted by Gasteiger charge is -2.20. The average molecular weight is 363 g/mol. The Kier molecular flexibility index (Phi) is 8.05. The van der Waals surface area contributed by atoms with Gasteiger partial charge >= 0.3 is 6.03 Å². The molecular formula is C19H29N3O4. The minimum Gasteiger partial charge on any atom is -0.493 e. The Labute approximate surface area is 155 Å². The monoisotopic (exact) mass is 363 g/mol. The number of benzene rings is 1. The predicted octanol–water partition coefficient (Wildman–Crippen LogP) is 2.30. The molecule has 0 atom stereocenters. The van der Waals surface area contributed by atoms with Crippen molar-refractivity contribution in [2.24, 2.45) is 0 Å². The first-order chi connectivity index (χ1) is 12.6. The van der Waals surface area contributed by atoms with Crippen molar-refractivity contribution in [3.63, 3.8) is 0 Å². The van der Waals surface area contributed by atoms with E-state index in [0.717, 1.165) is 31.5 Å². The van der Waals surface area contributed by atoms with Gasteiger partial charge in [-0.3, -0.25) is 4.79 Å². The molecule has 1 saturated heterocycles. The molecule has 0 spiro atoms. The number of carbonyl (C=O) groups excluding carboxylic acids is 2. The Morgan fingerprint density at radius 1 is 1.00 bits per heavy atom. The third kappa shape index (κ3) is 6.13.